The molecule has 1 aliphatic rings. The second-order valence-electron chi connectivity index (χ2n) is 5.17. The number of quaternary nitrogens is 1. The highest BCUT2D eigenvalue weighted by Crippen LogP contribution is 2.22. The van der Waals surface area contributed by atoms with E-state index in [0.717, 1.165) is 37.0 Å². The Hall–Kier alpha value is -0.670. The molecular weight excluding hydrogens is 224 g/mol. The van der Waals surface area contributed by atoms with E-state index in [4.69, 9.17) is 0 Å². The molecule has 0 aromatic heterocycles. The van der Waals surface area contributed by atoms with Gasteiger partial charge in [0.2, 0.25) is 0 Å². The van der Waals surface area contributed by atoms with Crippen molar-refractivity contribution in [2.45, 2.75) is 52.1 Å². The maximum absolute atomic E-state index is 9.22. The lowest BCUT2D eigenvalue weighted by Crippen LogP contribution is -2.53. The molecule has 2 atom stereocenters. The lowest BCUT2D eigenvalue weighted by molar-refractivity contribution is -0.936. The van der Waals surface area contributed by atoms with Crippen LogP contribution in [0.2, 0.25) is 0 Å². The number of unbranched alkanes of at least 4 members (excludes halogenated alkanes) is 2. The fraction of sp³-hybridized carbons (Fsp3) is 0.800. The van der Waals surface area contributed by atoms with Crippen molar-refractivity contribution < 1.29 is 9.59 Å². The molecule has 0 aromatic carbocycles. The Bertz CT molecular complexity index is 276. The largest absolute Gasteiger partial charge is 0.391 e. The smallest absolute Gasteiger partial charge is 0.183 e. The molecule has 1 aliphatic heterocycles. The molecule has 0 fully saturated rings. The molecule has 1 heterocycles. The molecule has 0 amide bonds. The normalized spacial score (nSPS) is 27.4. The summed E-state index contributed by atoms with van der Waals surface area (Å²) in [5, 5.41) is 9.22. The third kappa shape index (κ3) is 4.21. The summed E-state index contributed by atoms with van der Waals surface area (Å²) in [5.41, 5.74) is 0. The Morgan fingerprint density at radius 1 is 1.33 bits per heavy atom. The third-order valence-electron chi connectivity index (χ3n) is 4.01. The van der Waals surface area contributed by atoms with Crippen LogP contribution < -0.4 is 0 Å². The van der Waals surface area contributed by atoms with Gasteiger partial charge in [0.05, 0.1) is 19.4 Å². The maximum atomic E-state index is 9.22. The molecule has 0 aliphatic carbocycles. The fourth-order valence-electron chi connectivity index (χ4n) is 2.68. The number of nitrogens with zero attached hydrogens (tertiary/aromatic N) is 2. The van der Waals surface area contributed by atoms with Gasteiger partial charge in [-0.15, -0.1) is 0 Å². The first-order valence-corrected chi connectivity index (χ1v) is 7.42. The van der Waals surface area contributed by atoms with E-state index < -0.39 is 0 Å². The van der Waals surface area contributed by atoms with Crippen molar-refractivity contribution in [2.24, 2.45) is 4.99 Å². The van der Waals surface area contributed by atoms with Gasteiger partial charge in [0.15, 0.2) is 6.17 Å². The summed E-state index contributed by atoms with van der Waals surface area (Å²) in [5.74, 6) is 0. The molecule has 0 bridgehead atoms. The van der Waals surface area contributed by atoms with Crippen LogP contribution in [0.3, 0.4) is 0 Å². The summed E-state index contributed by atoms with van der Waals surface area (Å²) < 4.78 is 0.944. The van der Waals surface area contributed by atoms with Gasteiger partial charge < -0.3 is 5.11 Å². The number of aliphatic imine (C=N–C) groups is 1. The van der Waals surface area contributed by atoms with Crippen LogP contribution in [-0.4, -0.2) is 48.2 Å². The molecule has 0 spiro atoms. The molecule has 1 N–H and O–H groups in total. The van der Waals surface area contributed by atoms with Crippen molar-refractivity contribution in [1.82, 2.24) is 0 Å². The van der Waals surface area contributed by atoms with Crippen LogP contribution in [-0.2, 0) is 0 Å². The van der Waals surface area contributed by atoms with Crippen molar-refractivity contribution in [2.75, 3.05) is 26.2 Å². The van der Waals surface area contributed by atoms with Gasteiger partial charge >= 0.3 is 0 Å². The standard InChI is InChI=1S/C15H29N2O/c1-3-5-6-7-8-9-10-15-16-11-12-17(15,4-2)13-14-18/h7-8,11,15,18H,3-6,9-10,12-14H2,1-2H3/q+1/b8-7+. The van der Waals surface area contributed by atoms with Crippen LogP contribution in [0.1, 0.15) is 46.0 Å². The SMILES string of the molecule is CCCC/C=C/CCC1N=CC[N+]1(CC)CCO. The molecule has 1 rings (SSSR count). The number of aliphatic hydroxyl groups excluding tert-OH is 1. The van der Waals surface area contributed by atoms with Gasteiger partial charge in [-0.3, -0.25) is 4.48 Å². The number of allylic oxidation sites excluding steroid dienone is 2. The van der Waals surface area contributed by atoms with E-state index in [1.165, 1.54) is 19.3 Å². The van der Waals surface area contributed by atoms with E-state index in [9.17, 15) is 5.11 Å². The van der Waals surface area contributed by atoms with Crippen LogP contribution in [0.25, 0.3) is 0 Å². The van der Waals surface area contributed by atoms with Gasteiger partial charge in [0.25, 0.3) is 0 Å². The van der Waals surface area contributed by atoms with Crippen LogP contribution in [0.4, 0.5) is 0 Å². The molecule has 0 saturated heterocycles. The minimum atomic E-state index is 0.264. The first-order chi connectivity index (χ1) is 8.79. The first-order valence-electron chi connectivity index (χ1n) is 7.42. The number of rotatable bonds is 9. The molecule has 104 valence electrons. The van der Waals surface area contributed by atoms with Crippen molar-refractivity contribution in [3.63, 3.8) is 0 Å². The topological polar surface area (TPSA) is 32.6 Å². The molecule has 3 nitrogen and oxygen atoms in total. The van der Waals surface area contributed by atoms with E-state index in [-0.39, 0.29) is 6.61 Å². The first kappa shape index (κ1) is 15.4. The van der Waals surface area contributed by atoms with E-state index in [0.29, 0.717) is 6.17 Å². The number of hydrogen-bond donors (Lipinski definition) is 1. The van der Waals surface area contributed by atoms with Crippen molar-refractivity contribution in [1.29, 1.82) is 0 Å². The van der Waals surface area contributed by atoms with Crippen molar-refractivity contribution in [3.05, 3.63) is 12.2 Å². The molecule has 0 saturated carbocycles. The summed E-state index contributed by atoms with van der Waals surface area (Å²) in [7, 11) is 0. The Morgan fingerprint density at radius 3 is 2.78 bits per heavy atom. The zero-order chi connectivity index (χ0) is 13.3. The predicted octanol–water partition coefficient (Wildman–Crippen LogP) is 2.75. The molecule has 3 heteroatoms. The quantitative estimate of drug-likeness (QED) is 0.382. The summed E-state index contributed by atoms with van der Waals surface area (Å²) in [6, 6.07) is 0. The van der Waals surface area contributed by atoms with Crippen molar-refractivity contribution >= 4 is 6.21 Å². The van der Waals surface area contributed by atoms with Gasteiger partial charge in [-0.25, -0.2) is 4.99 Å². The van der Waals surface area contributed by atoms with Crippen molar-refractivity contribution in [3.8, 4) is 0 Å². The minimum absolute atomic E-state index is 0.264. The zero-order valence-electron chi connectivity index (χ0n) is 12.0. The second kappa shape index (κ2) is 8.44. The molecule has 0 radical (unpaired) electrons. The van der Waals surface area contributed by atoms with Gasteiger partial charge in [0.1, 0.15) is 13.1 Å². The number of aliphatic hydroxyl groups is 1. The van der Waals surface area contributed by atoms with Crippen LogP contribution >= 0.6 is 0 Å². The Morgan fingerprint density at radius 2 is 2.11 bits per heavy atom. The summed E-state index contributed by atoms with van der Waals surface area (Å²) >= 11 is 0. The summed E-state index contributed by atoms with van der Waals surface area (Å²) in [4.78, 5) is 4.61. The number of likely N-dealkylation sites (N-methyl/N-ethyl adjacent to an activating group) is 1. The monoisotopic (exact) mass is 253 g/mol. The summed E-state index contributed by atoms with van der Waals surface area (Å²) in [6.07, 6.45) is 13.0. The van der Waals surface area contributed by atoms with E-state index in [1.54, 1.807) is 0 Å². The number of hydrogen-bond acceptors (Lipinski definition) is 2. The van der Waals surface area contributed by atoms with Gasteiger partial charge in [-0.1, -0.05) is 31.9 Å². The highest BCUT2D eigenvalue weighted by molar-refractivity contribution is 5.60. The minimum Gasteiger partial charge on any atom is -0.391 e. The predicted molar refractivity (Wildman–Crippen MR) is 77.8 cm³/mol. The maximum Gasteiger partial charge on any atom is 0.183 e. The summed E-state index contributed by atoms with van der Waals surface area (Å²) in [6.45, 7) is 7.57. The Kier molecular flexibility index (Phi) is 7.21. The van der Waals surface area contributed by atoms with E-state index in [2.05, 4.69) is 31.0 Å². The van der Waals surface area contributed by atoms with Crippen LogP contribution in [0, 0.1) is 0 Å². The second-order valence-corrected chi connectivity index (χ2v) is 5.17. The average molecular weight is 253 g/mol. The Balaban J connectivity index is 2.35. The highest BCUT2D eigenvalue weighted by atomic mass is 16.3. The molecule has 18 heavy (non-hydrogen) atoms. The zero-order valence-corrected chi connectivity index (χ0v) is 12.0. The van der Waals surface area contributed by atoms with Crippen LogP contribution in [0.15, 0.2) is 17.1 Å². The molecule has 2 unspecified atom stereocenters. The van der Waals surface area contributed by atoms with Gasteiger partial charge in [0, 0.05) is 6.42 Å². The fourth-order valence-corrected chi connectivity index (χ4v) is 2.68. The lowest BCUT2D eigenvalue weighted by atomic mass is 10.1. The van der Waals surface area contributed by atoms with Gasteiger partial charge in [-0.05, 0) is 19.8 Å². The highest BCUT2D eigenvalue weighted by Gasteiger charge is 2.36. The lowest BCUT2D eigenvalue weighted by Gasteiger charge is -2.37. The van der Waals surface area contributed by atoms with E-state index in [1.807, 2.05) is 6.21 Å². The molecule has 0 aromatic rings. The third-order valence-corrected chi connectivity index (χ3v) is 4.01. The van der Waals surface area contributed by atoms with Crippen LogP contribution in [0.5, 0.6) is 0 Å². The van der Waals surface area contributed by atoms with E-state index >= 15 is 0 Å². The average Bonchev–Trinajstić information content (AvgIpc) is 2.78. The Labute approximate surface area is 112 Å². The van der Waals surface area contributed by atoms with Gasteiger partial charge in [-0.2, -0.15) is 0 Å². The molecular formula is C15H29N2O+.